The quantitative estimate of drug-likeness (QED) is 0.752. The van der Waals surface area contributed by atoms with Crippen LogP contribution < -0.4 is 16.4 Å². The Balaban J connectivity index is 2.02. The summed E-state index contributed by atoms with van der Waals surface area (Å²) in [7, 11) is 0. The van der Waals surface area contributed by atoms with Gasteiger partial charge in [-0.15, -0.1) is 0 Å². The molecule has 3 amide bonds. The third-order valence-electron chi connectivity index (χ3n) is 3.07. The van der Waals surface area contributed by atoms with Gasteiger partial charge >= 0.3 is 11.8 Å². The molecule has 2 aromatic carbocycles. The largest absolute Gasteiger partial charge is 0.366 e. The fourth-order valence-corrected chi connectivity index (χ4v) is 2.08. The Bertz CT molecular complexity index is 773. The Hall–Kier alpha value is -2.86. The molecular weight excluding hydrogens is 318 g/mol. The minimum Gasteiger partial charge on any atom is -0.366 e. The zero-order chi connectivity index (χ0) is 17.0. The number of hydrogen-bond acceptors (Lipinski definition) is 3. The van der Waals surface area contributed by atoms with E-state index in [1.54, 1.807) is 25.1 Å². The zero-order valence-electron chi connectivity index (χ0n) is 12.2. The highest BCUT2D eigenvalue weighted by Gasteiger charge is 2.15. The van der Waals surface area contributed by atoms with Crippen LogP contribution in [-0.4, -0.2) is 17.7 Å². The van der Waals surface area contributed by atoms with Crippen LogP contribution in [0, 0.1) is 6.92 Å². The summed E-state index contributed by atoms with van der Waals surface area (Å²) in [4.78, 5) is 34.7. The summed E-state index contributed by atoms with van der Waals surface area (Å²) in [6, 6.07) is 10.8. The van der Waals surface area contributed by atoms with Crippen LogP contribution in [-0.2, 0) is 9.59 Å². The normalized spacial score (nSPS) is 10.0. The summed E-state index contributed by atoms with van der Waals surface area (Å²) in [6.07, 6.45) is 0. The molecular formula is C16H14ClN3O3. The molecule has 23 heavy (non-hydrogen) atoms. The van der Waals surface area contributed by atoms with E-state index in [9.17, 15) is 14.4 Å². The number of hydrogen-bond donors (Lipinski definition) is 3. The van der Waals surface area contributed by atoms with E-state index < -0.39 is 17.7 Å². The van der Waals surface area contributed by atoms with Crippen LogP contribution in [0.25, 0.3) is 0 Å². The lowest BCUT2D eigenvalue weighted by molar-refractivity contribution is -0.133. The molecule has 0 fully saturated rings. The lowest BCUT2D eigenvalue weighted by Crippen LogP contribution is -2.29. The number of primary amides is 1. The number of halogens is 1. The standard InChI is InChI=1S/C16H14ClN3O3/c1-9-8-11(17)4-7-13(9)20-16(23)15(22)19-12-5-2-10(3-6-12)14(18)21/h2-8H,1H3,(H2,18,21)(H,19,22)(H,20,23). The van der Waals surface area contributed by atoms with Gasteiger partial charge in [-0.3, -0.25) is 14.4 Å². The van der Waals surface area contributed by atoms with Crippen LogP contribution in [0.5, 0.6) is 0 Å². The first-order valence-corrected chi connectivity index (χ1v) is 7.03. The van der Waals surface area contributed by atoms with Gasteiger partial charge in [0.2, 0.25) is 5.91 Å². The monoisotopic (exact) mass is 331 g/mol. The molecule has 0 spiro atoms. The minimum absolute atomic E-state index is 0.309. The van der Waals surface area contributed by atoms with E-state index in [-0.39, 0.29) is 0 Å². The smallest absolute Gasteiger partial charge is 0.314 e. The van der Waals surface area contributed by atoms with Crippen LogP contribution in [0.2, 0.25) is 5.02 Å². The van der Waals surface area contributed by atoms with Gasteiger partial charge in [-0.05, 0) is 55.0 Å². The van der Waals surface area contributed by atoms with Gasteiger partial charge in [-0.1, -0.05) is 11.6 Å². The van der Waals surface area contributed by atoms with Crippen molar-refractivity contribution in [2.45, 2.75) is 6.92 Å². The average molecular weight is 332 g/mol. The first kappa shape index (κ1) is 16.5. The molecule has 2 rings (SSSR count). The van der Waals surface area contributed by atoms with Crippen LogP contribution in [0.15, 0.2) is 42.5 Å². The number of aryl methyl sites for hydroxylation is 1. The van der Waals surface area contributed by atoms with Crippen molar-refractivity contribution in [1.82, 2.24) is 0 Å². The molecule has 0 atom stereocenters. The third kappa shape index (κ3) is 4.31. The second kappa shape index (κ2) is 6.93. The maximum Gasteiger partial charge on any atom is 0.314 e. The topological polar surface area (TPSA) is 101 Å². The van der Waals surface area contributed by atoms with Crippen molar-refractivity contribution in [1.29, 1.82) is 0 Å². The highest BCUT2D eigenvalue weighted by molar-refractivity contribution is 6.43. The van der Waals surface area contributed by atoms with Gasteiger partial charge in [0.1, 0.15) is 0 Å². The average Bonchev–Trinajstić information content (AvgIpc) is 2.50. The number of nitrogens with two attached hydrogens (primary N) is 1. The van der Waals surface area contributed by atoms with Crippen molar-refractivity contribution in [2.75, 3.05) is 10.6 Å². The van der Waals surface area contributed by atoms with Crippen LogP contribution in [0.3, 0.4) is 0 Å². The lowest BCUT2D eigenvalue weighted by atomic mass is 10.2. The van der Waals surface area contributed by atoms with Gasteiger partial charge < -0.3 is 16.4 Å². The van der Waals surface area contributed by atoms with Gasteiger partial charge in [0.05, 0.1) is 0 Å². The van der Waals surface area contributed by atoms with Crippen LogP contribution in [0.1, 0.15) is 15.9 Å². The first-order valence-electron chi connectivity index (χ1n) is 6.65. The van der Waals surface area contributed by atoms with Gasteiger partial charge in [0.15, 0.2) is 0 Å². The second-order valence-corrected chi connectivity index (χ2v) is 5.25. The molecule has 0 bridgehead atoms. The van der Waals surface area contributed by atoms with Gasteiger partial charge in [0, 0.05) is 22.0 Å². The highest BCUT2D eigenvalue weighted by Crippen LogP contribution is 2.19. The predicted octanol–water partition coefficient (Wildman–Crippen LogP) is 2.32. The molecule has 0 aliphatic rings. The molecule has 0 aliphatic carbocycles. The van der Waals surface area contributed by atoms with E-state index in [0.29, 0.717) is 22.0 Å². The van der Waals surface area contributed by atoms with Crippen molar-refractivity contribution in [2.24, 2.45) is 5.73 Å². The number of benzene rings is 2. The Morgan fingerprint density at radius 2 is 1.57 bits per heavy atom. The summed E-state index contributed by atoms with van der Waals surface area (Å²) in [6.45, 7) is 1.77. The van der Waals surface area contributed by atoms with E-state index in [1.165, 1.54) is 24.3 Å². The summed E-state index contributed by atoms with van der Waals surface area (Å²) in [5.41, 5.74) is 7.05. The molecule has 0 radical (unpaired) electrons. The number of carbonyl (C=O) groups excluding carboxylic acids is 3. The van der Waals surface area contributed by atoms with Crippen molar-refractivity contribution in [3.8, 4) is 0 Å². The van der Waals surface area contributed by atoms with Crippen molar-refractivity contribution in [3.05, 3.63) is 58.6 Å². The molecule has 0 unspecified atom stereocenters. The summed E-state index contributed by atoms with van der Waals surface area (Å²) in [5, 5.41) is 5.47. The molecule has 6 nitrogen and oxygen atoms in total. The maximum atomic E-state index is 11.9. The van der Waals surface area contributed by atoms with Gasteiger partial charge in [0.25, 0.3) is 0 Å². The predicted molar refractivity (Wildman–Crippen MR) is 88.4 cm³/mol. The molecule has 0 aliphatic heterocycles. The summed E-state index contributed by atoms with van der Waals surface area (Å²) >= 11 is 5.83. The first-order chi connectivity index (χ1) is 10.9. The molecule has 0 aromatic heterocycles. The number of anilines is 2. The van der Waals surface area contributed by atoms with Gasteiger partial charge in [-0.25, -0.2) is 0 Å². The fraction of sp³-hybridized carbons (Fsp3) is 0.0625. The molecule has 0 heterocycles. The second-order valence-electron chi connectivity index (χ2n) is 4.81. The minimum atomic E-state index is -0.828. The van der Waals surface area contributed by atoms with Gasteiger partial charge in [-0.2, -0.15) is 0 Å². The molecule has 2 aromatic rings. The van der Waals surface area contributed by atoms with E-state index in [0.717, 1.165) is 5.56 Å². The van der Waals surface area contributed by atoms with Crippen LogP contribution in [0.4, 0.5) is 11.4 Å². The molecule has 0 saturated heterocycles. The third-order valence-corrected chi connectivity index (χ3v) is 3.31. The Kier molecular flexibility index (Phi) is 4.98. The van der Waals surface area contributed by atoms with Crippen molar-refractivity contribution < 1.29 is 14.4 Å². The van der Waals surface area contributed by atoms with E-state index in [4.69, 9.17) is 17.3 Å². The molecule has 4 N–H and O–H groups in total. The Morgan fingerprint density at radius 1 is 0.957 bits per heavy atom. The zero-order valence-corrected chi connectivity index (χ0v) is 13.0. The Labute approximate surface area is 137 Å². The van der Waals surface area contributed by atoms with E-state index in [1.807, 2.05) is 0 Å². The highest BCUT2D eigenvalue weighted by atomic mass is 35.5. The van der Waals surface area contributed by atoms with E-state index >= 15 is 0 Å². The Morgan fingerprint density at radius 3 is 2.13 bits per heavy atom. The van der Waals surface area contributed by atoms with Crippen LogP contribution >= 0.6 is 11.6 Å². The number of nitrogens with one attached hydrogen (secondary N) is 2. The lowest BCUT2D eigenvalue weighted by Gasteiger charge is -2.09. The summed E-state index contributed by atoms with van der Waals surface area (Å²) < 4.78 is 0. The fourth-order valence-electron chi connectivity index (χ4n) is 1.85. The summed E-state index contributed by atoms with van der Waals surface area (Å²) in [5.74, 6) is -2.21. The number of amides is 3. The van der Waals surface area contributed by atoms with Crippen molar-refractivity contribution >= 4 is 40.7 Å². The number of carbonyl (C=O) groups is 3. The SMILES string of the molecule is Cc1cc(Cl)ccc1NC(=O)C(=O)Nc1ccc(C(N)=O)cc1. The molecule has 0 saturated carbocycles. The van der Waals surface area contributed by atoms with Crippen molar-refractivity contribution in [3.63, 3.8) is 0 Å². The van der Waals surface area contributed by atoms with E-state index in [2.05, 4.69) is 10.6 Å². The molecule has 118 valence electrons. The maximum absolute atomic E-state index is 11.9. The number of rotatable bonds is 3. The molecule has 7 heteroatoms.